The van der Waals surface area contributed by atoms with E-state index in [-0.39, 0.29) is 11.9 Å². The van der Waals surface area contributed by atoms with Crippen LogP contribution >= 0.6 is 0 Å². The Labute approximate surface area is 423 Å². The molecule has 6 aliphatic rings. The Morgan fingerprint density at radius 2 is 1.13 bits per heavy atom. The Balaban J connectivity index is 0.000000263. The van der Waals surface area contributed by atoms with Crippen LogP contribution < -0.4 is 0 Å². The number of hydrogen-bond acceptors (Lipinski definition) is 4. The summed E-state index contributed by atoms with van der Waals surface area (Å²) in [6, 6.07) is 0. The fraction of sp³-hybridized carbons (Fsp3) is 0.719. The Morgan fingerprint density at radius 1 is 0.681 bits per heavy atom. The minimum atomic E-state index is -0.161. The van der Waals surface area contributed by atoms with Crippen LogP contribution in [0.3, 0.4) is 0 Å². The highest BCUT2D eigenvalue weighted by atomic mass is 16.7. The molecule has 0 radical (unpaired) electrons. The molecule has 5 heteroatoms. The van der Waals surface area contributed by atoms with E-state index < -0.39 is 0 Å². The van der Waals surface area contributed by atoms with Gasteiger partial charge in [0, 0.05) is 19.2 Å². The minimum Gasteiger partial charge on any atom is -0.463 e. The molecular weight excluding hydrogens is 847 g/mol. The molecule has 6 fully saturated rings. The summed E-state index contributed by atoms with van der Waals surface area (Å²) in [6.45, 7) is 30.7. The third kappa shape index (κ3) is 15.2. The zero-order chi connectivity index (χ0) is 50.3. The summed E-state index contributed by atoms with van der Waals surface area (Å²) < 4.78 is 5.51. The summed E-state index contributed by atoms with van der Waals surface area (Å²) in [5.74, 6) is 5.85. The van der Waals surface area contributed by atoms with Crippen molar-refractivity contribution in [3.63, 3.8) is 0 Å². The molecule has 0 aromatic heterocycles. The minimum absolute atomic E-state index is 0.0962. The van der Waals surface area contributed by atoms with Crippen molar-refractivity contribution in [3.05, 3.63) is 95.2 Å². The van der Waals surface area contributed by atoms with Crippen LogP contribution in [0.1, 0.15) is 204 Å². The lowest BCUT2D eigenvalue weighted by molar-refractivity contribution is -0.162. The molecule has 6 rings (SSSR count). The van der Waals surface area contributed by atoms with Gasteiger partial charge in [0.25, 0.3) is 5.91 Å². The predicted octanol–water partition coefficient (Wildman–Crippen LogP) is 17.4. The van der Waals surface area contributed by atoms with Gasteiger partial charge in [-0.15, -0.1) is 0 Å². The van der Waals surface area contributed by atoms with E-state index in [1.165, 1.54) is 169 Å². The molecule has 6 aliphatic carbocycles. The second kappa shape index (κ2) is 27.0. The molecule has 12 atom stereocenters. The highest BCUT2D eigenvalue weighted by Crippen LogP contribution is 2.61. The second-order valence-electron chi connectivity index (χ2n) is 24.1. The van der Waals surface area contributed by atoms with Crippen LogP contribution in [0, 0.1) is 70.0 Å². The Hall–Kier alpha value is -3.18. The topological polar surface area (TPSA) is 55.8 Å². The first kappa shape index (κ1) is 56.7. The Bertz CT molecular complexity index is 1910. The average molecular weight is 949 g/mol. The van der Waals surface area contributed by atoms with Crippen molar-refractivity contribution in [2.45, 2.75) is 204 Å². The first-order valence-corrected chi connectivity index (χ1v) is 28.5. The van der Waals surface area contributed by atoms with Gasteiger partial charge in [-0.25, -0.2) is 9.86 Å². The van der Waals surface area contributed by atoms with Crippen LogP contribution in [-0.4, -0.2) is 37.7 Å². The maximum atomic E-state index is 12.4. The standard InChI is InChI=1S/C36H58O2.C28H43NO2/c1-7-8-9-10-11-12-13-14-24-38-35(37)22-17-28(3)33-20-21-34-31(16-15-23-36(33,34)6)18-19-32-26-27(2)25-29(4)30(32)5;1-19-17-21(3)22(4)24(18-19)12-11-23-9-8-16-28(5)25(13-14-26(23)28)20(2)10-15-27(30)29(6)31-7/h17-19,22,27-29,33-34H,5,7-16,20-21,23-26H2,1-4,6H3;10-12,15,19-21,25-26H,4,8-9,13-14,16-18H2,1-3,5-7H3/b22-17+,31-18+,32-19-;15-10+,23-11+,24-12-/t27?,28-,29+,33?,34+,36-;19?,20-,21+,25?,26+,28-/m11/s1. The number of fused-ring (bicyclic) bond motifs is 2. The molecule has 5 nitrogen and oxygen atoms in total. The van der Waals surface area contributed by atoms with E-state index >= 15 is 0 Å². The normalized spacial score (nSPS) is 34.8. The number of carbonyl (C=O) groups excluding carboxylic acids is 2. The van der Waals surface area contributed by atoms with E-state index in [0.717, 1.165) is 18.3 Å². The highest BCUT2D eigenvalue weighted by molar-refractivity contribution is 5.86. The van der Waals surface area contributed by atoms with Crippen molar-refractivity contribution < 1.29 is 19.2 Å². The third-order valence-electron chi connectivity index (χ3n) is 18.9. The van der Waals surface area contributed by atoms with E-state index in [0.29, 0.717) is 64.8 Å². The van der Waals surface area contributed by atoms with E-state index in [1.54, 1.807) is 30.3 Å². The van der Waals surface area contributed by atoms with Crippen LogP contribution in [0.4, 0.5) is 0 Å². The summed E-state index contributed by atoms with van der Waals surface area (Å²) in [5.41, 5.74) is 9.62. The molecule has 0 spiro atoms. The van der Waals surface area contributed by atoms with Gasteiger partial charge in [-0.05, 0) is 189 Å². The first-order valence-electron chi connectivity index (χ1n) is 28.5. The van der Waals surface area contributed by atoms with Crippen molar-refractivity contribution in [2.75, 3.05) is 20.8 Å². The predicted molar refractivity (Wildman–Crippen MR) is 292 cm³/mol. The molecule has 4 unspecified atom stereocenters. The molecule has 0 heterocycles. The molecular formula is C64H101NO4. The number of carbonyl (C=O) groups is 2. The fourth-order valence-electron chi connectivity index (χ4n) is 14.7. The lowest BCUT2D eigenvalue weighted by Gasteiger charge is -2.44. The number of esters is 1. The molecule has 1 amide bonds. The lowest BCUT2D eigenvalue weighted by Crippen LogP contribution is -2.35. The number of likely N-dealkylation sites (N-methyl/N-ethyl adjacent to an activating group) is 1. The van der Waals surface area contributed by atoms with Crippen LogP contribution in [0.25, 0.3) is 0 Å². The van der Waals surface area contributed by atoms with Gasteiger partial charge in [0.15, 0.2) is 0 Å². The number of nitrogens with zero attached hydrogens (tertiary/aromatic N) is 1. The number of rotatable bonds is 18. The highest BCUT2D eigenvalue weighted by Gasteiger charge is 2.51. The number of hydroxylamine groups is 2. The van der Waals surface area contributed by atoms with Crippen molar-refractivity contribution >= 4 is 11.9 Å². The molecule has 0 aromatic rings. The maximum absolute atomic E-state index is 12.4. The first-order chi connectivity index (χ1) is 32.9. The largest absolute Gasteiger partial charge is 0.463 e. The van der Waals surface area contributed by atoms with E-state index in [9.17, 15) is 9.59 Å². The van der Waals surface area contributed by atoms with Crippen LogP contribution in [0.5, 0.6) is 0 Å². The van der Waals surface area contributed by atoms with Crippen LogP contribution in [0.15, 0.2) is 95.2 Å². The van der Waals surface area contributed by atoms with Gasteiger partial charge >= 0.3 is 5.97 Å². The maximum Gasteiger partial charge on any atom is 0.330 e. The molecule has 69 heavy (non-hydrogen) atoms. The van der Waals surface area contributed by atoms with Crippen molar-refractivity contribution in [1.82, 2.24) is 5.06 Å². The van der Waals surface area contributed by atoms with Gasteiger partial charge in [-0.3, -0.25) is 9.63 Å². The van der Waals surface area contributed by atoms with Crippen molar-refractivity contribution in [3.8, 4) is 0 Å². The molecule has 0 bridgehead atoms. The quantitative estimate of drug-likeness (QED) is 0.0595. The monoisotopic (exact) mass is 948 g/mol. The third-order valence-corrected chi connectivity index (χ3v) is 18.9. The molecule has 0 N–H and O–H groups in total. The van der Waals surface area contributed by atoms with Gasteiger partial charge < -0.3 is 4.74 Å². The van der Waals surface area contributed by atoms with Crippen molar-refractivity contribution in [1.29, 1.82) is 0 Å². The Kier molecular flexibility index (Phi) is 22.2. The number of amides is 1. The zero-order valence-electron chi connectivity index (χ0n) is 46.2. The van der Waals surface area contributed by atoms with Gasteiger partial charge in [0.05, 0.1) is 13.7 Å². The summed E-state index contributed by atoms with van der Waals surface area (Å²) >= 11 is 0. The Morgan fingerprint density at radius 3 is 1.59 bits per heavy atom. The fourth-order valence-corrected chi connectivity index (χ4v) is 14.7. The van der Waals surface area contributed by atoms with Crippen molar-refractivity contribution in [2.24, 2.45) is 70.0 Å². The van der Waals surface area contributed by atoms with Gasteiger partial charge in [-0.2, -0.15) is 0 Å². The summed E-state index contributed by atoms with van der Waals surface area (Å²) in [4.78, 5) is 29.5. The smallest absolute Gasteiger partial charge is 0.330 e. The van der Waals surface area contributed by atoms with Crippen LogP contribution in [0.2, 0.25) is 0 Å². The van der Waals surface area contributed by atoms with E-state index in [1.807, 2.05) is 0 Å². The number of hydrogen-bond donors (Lipinski definition) is 0. The van der Waals surface area contributed by atoms with Gasteiger partial charge in [0.2, 0.25) is 0 Å². The number of unbranched alkanes of at least 4 members (excludes halogenated alkanes) is 7. The van der Waals surface area contributed by atoms with Crippen LogP contribution in [-0.2, 0) is 19.2 Å². The van der Waals surface area contributed by atoms with Gasteiger partial charge in [-0.1, -0.05) is 168 Å². The molecule has 6 saturated carbocycles. The summed E-state index contributed by atoms with van der Waals surface area (Å²) in [6.07, 6.45) is 45.1. The average Bonchev–Trinajstić information content (AvgIpc) is 3.87. The zero-order valence-corrected chi connectivity index (χ0v) is 46.2. The lowest BCUT2D eigenvalue weighted by atomic mass is 9.61. The van der Waals surface area contributed by atoms with E-state index in [2.05, 4.69) is 112 Å². The molecule has 0 aromatic carbocycles. The molecule has 0 saturated heterocycles. The van der Waals surface area contributed by atoms with Gasteiger partial charge in [0.1, 0.15) is 0 Å². The second-order valence-corrected chi connectivity index (χ2v) is 24.1. The SMILES string of the molecule is C=C1/C(=C\C=C2/CCC[C@]3(C)C([C@H](C)/C=C/C(=O)N(C)OC)CC[C@@H]23)CC(C)C[C@@H]1C.C=C1/C(=C\C=C2/CCC[C@]3(C)C([C@H](C)/C=C/C(=O)OCCCCCCCCCC)CC[C@@H]23)CC(C)C[C@@H]1C. The molecule has 0 aliphatic heterocycles. The number of allylic oxidation sites excluding steroid dienone is 12. The van der Waals surface area contributed by atoms with E-state index in [4.69, 9.17) is 9.57 Å². The summed E-state index contributed by atoms with van der Waals surface area (Å²) in [5, 5.41) is 1.28. The number of ether oxygens (including phenoxy) is 1. The molecule has 386 valence electrons. The summed E-state index contributed by atoms with van der Waals surface area (Å²) in [7, 11) is 3.17.